The third-order valence-corrected chi connectivity index (χ3v) is 3.12. The number of carbonyl (C=O) groups excluding carboxylic acids is 1. The molecular weight excluding hydrogens is 302 g/mol. The zero-order chi connectivity index (χ0) is 16.1. The summed E-state index contributed by atoms with van der Waals surface area (Å²) >= 11 is 5.94. The third kappa shape index (κ3) is 3.59. The van der Waals surface area contributed by atoms with Crippen molar-refractivity contribution in [3.63, 3.8) is 0 Å². The molecule has 0 saturated heterocycles. The summed E-state index contributed by atoms with van der Waals surface area (Å²) in [5, 5.41) is 0.381. The second-order valence-corrected chi connectivity index (χ2v) is 5.11. The fraction of sp³-hybridized carbons (Fsp3) is 0.200. The number of likely N-dealkylation sites (N-methyl/N-ethyl adjacent to an activating group) is 1. The molecule has 0 fully saturated rings. The van der Waals surface area contributed by atoms with Crippen molar-refractivity contribution in [1.82, 2.24) is 14.8 Å². The van der Waals surface area contributed by atoms with E-state index in [4.69, 9.17) is 11.6 Å². The largest absolute Gasteiger partial charge is 0.343 e. The SMILES string of the molecule is C=N/C=C(/c1cccc(Cl)n1)N1C=C(C(=O)N(C)C)N=CC1. The maximum atomic E-state index is 12.0. The Hall–Kier alpha value is -2.47. The lowest BCUT2D eigenvalue weighted by Gasteiger charge is -2.25. The molecule has 22 heavy (non-hydrogen) atoms. The van der Waals surface area contributed by atoms with Crippen LogP contribution >= 0.6 is 11.6 Å². The molecule has 0 aliphatic carbocycles. The highest BCUT2D eigenvalue weighted by atomic mass is 35.5. The number of aliphatic imine (C=N–C) groups is 2. The Balaban J connectivity index is 2.38. The fourth-order valence-electron chi connectivity index (χ4n) is 1.89. The molecule has 0 radical (unpaired) electrons. The molecule has 1 aliphatic heterocycles. The minimum atomic E-state index is -0.175. The van der Waals surface area contributed by atoms with Crippen molar-refractivity contribution in [2.75, 3.05) is 20.6 Å². The quantitative estimate of drug-likeness (QED) is 0.631. The van der Waals surface area contributed by atoms with Gasteiger partial charge in [0.25, 0.3) is 5.91 Å². The van der Waals surface area contributed by atoms with Gasteiger partial charge in [0.1, 0.15) is 10.9 Å². The van der Waals surface area contributed by atoms with Crippen LogP contribution < -0.4 is 0 Å². The van der Waals surface area contributed by atoms with Crippen molar-refractivity contribution < 1.29 is 4.79 Å². The lowest BCUT2D eigenvalue weighted by molar-refractivity contribution is -0.124. The summed E-state index contributed by atoms with van der Waals surface area (Å²) in [6.07, 6.45) is 4.91. The molecule has 114 valence electrons. The summed E-state index contributed by atoms with van der Waals surface area (Å²) in [6, 6.07) is 5.31. The van der Waals surface area contributed by atoms with E-state index < -0.39 is 0 Å². The number of amides is 1. The van der Waals surface area contributed by atoms with Gasteiger partial charge in [0.2, 0.25) is 0 Å². The number of halogens is 1. The maximum Gasteiger partial charge on any atom is 0.273 e. The first-order valence-corrected chi connectivity index (χ1v) is 6.92. The molecule has 1 aromatic rings. The Morgan fingerprint density at radius 2 is 2.27 bits per heavy atom. The fourth-order valence-corrected chi connectivity index (χ4v) is 2.06. The molecule has 0 N–H and O–H groups in total. The van der Waals surface area contributed by atoms with E-state index in [1.165, 1.54) is 4.90 Å². The van der Waals surface area contributed by atoms with Gasteiger partial charge in [-0.2, -0.15) is 0 Å². The summed E-state index contributed by atoms with van der Waals surface area (Å²) in [4.78, 5) is 27.6. The zero-order valence-corrected chi connectivity index (χ0v) is 13.2. The van der Waals surface area contributed by atoms with E-state index in [9.17, 15) is 4.79 Å². The standard InChI is InChI=1S/C15H16ClN5O/c1-17-9-13(11-5-4-6-14(16)19-11)21-8-7-18-12(10-21)15(22)20(2)3/h4-7,9-10H,1,8H2,2-3H3/b13-9-. The van der Waals surface area contributed by atoms with Gasteiger partial charge in [0, 0.05) is 26.5 Å². The molecule has 1 amide bonds. The molecule has 2 rings (SSSR count). The van der Waals surface area contributed by atoms with E-state index in [0.29, 0.717) is 28.8 Å². The lowest BCUT2D eigenvalue weighted by Crippen LogP contribution is -2.28. The minimum absolute atomic E-state index is 0.175. The van der Waals surface area contributed by atoms with Gasteiger partial charge in [0.05, 0.1) is 24.1 Å². The monoisotopic (exact) mass is 317 g/mol. The highest BCUT2D eigenvalue weighted by molar-refractivity contribution is 6.29. The van der Waals surface area contributed by atoms with Gasteiger partial charge in [-0.25, -0.2) is 4.98 Å². The highest BCUT2D eigenvalue weighted by Gasteiger charge is 2.19. The van der Waals surface area contributed by atoms with Gasteiger partial charge in [-0.3, -0.25) is 14.8 Å². The van der Waals surface area contributed by atoms with Crippen LogP contribution in [0.5, 0.6) is 0 Å². The van der Waals surface area contributed by atoms with E-state index >= 15 is 0 Å². The van der Waals surface area contributed by atoms with E-state index in [1.54, 1.807) is 44.8 Å². The number of rotatable bonds is 4. The number of carbonyl (C=O) groups is 1. The van der Waals surface area contributed by atoms with Crippen LogP contribution in [0.3, 0.4) is 0 Å². The number of nitrogens with zero attached hydrogens (tertiary/aromatic N) is 5. The molecule has 0 saturated carbocycles. The normalized spacial score (nSPS) is 14.6. The highest BCUT2D eigenvalue weighted by Crippen LogP contribution is 2.22. The molecule has 7 heteroatoms. The number of aromatic nitrogens is 1. The first kappa shape index (κ1) is 15.9. The number of hydrogen-bond acceptors (Lipinski definition) is 5. The molecule has 1 aliphatic rings. The van der Waals surface area contributed by atoms with Crippen LogP contribution in [0.4, 0.5) is 0 Å². The van der Waals surface area contributed by atoms with Gasteiger partial charge in [-0.15, -0.1) is 0 Å². The predicted octanol–water partition coefficient (Wildman–Crippen LogP) is 2.05. The van der Waals surface area contributed by atoms with Gasteiger partial charge in [-0.05, 0) is 18.9 Å². The molecule has 0 spiro atoms. The second kappa shape index (κ2) is 7.00. The van der Waals surface area contributed by atoms with E-state index in [2.05, 4.69) is 21.7 Å². The van der Waals surface area contributed by atoms with Crippen molar-refractivity contribution in [1.29, 1.82) is 0 Å². The molecule has 0 unspecified atom stereocenters. The molecule has 0 atom stereocenters. The van der Waals surface area contributed by atoms with Crippen LogP contribution in [0.15, 0.2) is 46.3 Å². The Bertz CT molecular complexity index is 678. The van der Waals surface area contributed by atoms with Crippen molar-refractivity contribution in [3.8, 4) is 0 Å². The third-order valence-electron chi connectivity index (χ3n) is 2.91. The summed E-state index contributed by atoms with van der Waals surface area (Å²) in [6.45, 7) is 3.98. The summed E-state index contributed by atoms with van der Waals surface area (Å²) in [5.74, 6) is -0.175. The minimum Gasteiger partial charge on any atom is -0.343 e. The van der Waals surface area contributed by atoms with Crippen LogP contribution in [-0.2, 0) is 4.79 Å². The van der Waals surface area contributed by atoms with Crippen LogP contribution in [0.2, 0.25) is 5.15 Å². The molecular formula is C15H16ClN5O. The topological polar surface area (TPSA) is 61.2 Å². The molecule has 6 nitrogen and oxygen atoms in total. The average molecular weight is 318 g/mol. The smallest absolute Gasteiger partial charge is 0.273 e. The van der Waals surface area contributed by atoms with Crippen LogP contribution in [0.25, 0.3) is 5.70 Å². The summed E-state index contributed by atoms with van der Waals surface area (Å²) in [7, 11) is 3.36. The molecule has 1 aromatic heterocycles. The van der Waals surface area contributed by atoms with E-state index in [-0.39, 0.29) is 5.91 Å². The Labute approximate surface area is 134 Å². The Morgan fingerprint density at radius 1 is 1.50 bits per heavy atom. The van der Waals surface area contributed by atoms with Gasteiger partial charge >= 0.3 is 0 Å². The molecule has 0 bridgehead atoms. The summed E-state index contributed by atoms with van der Waals surface area (Å²) in [5.41, 5.74) is 1.67. The van der Waals surface area contributed by atoms with Crippen LogP contribution in [-0.4, -0.2) is 54.3 Å². The number of pyridine rings is 1. The molecule has 2 heterocycles. The van der Waals surface area contributed by atoms with Crippen molar-refractivity contribution in [2.24, 2.45) is 9.98 Å². The van der Waals surface area contributed by atoms with Crippen molar-refractivity contribution in [3.05, 3.63) is 47.1 Å². The number of hydrogen-bond donors (Lipinski definition) is 0. The Kier molecular flexibility index (Phi) is 5.06. The van der Waals surface area contributed by atoms with Crippen LogP contribution in [0, 0.1) is 0 Å². The second-order valence-electron chi connectivity index (χ2n) is 4.72. The van der Waals surface area contributed by atoms with Crippen LogP contribution in [0.1, 0.15) is 5.69 Å². The lowest BCUT2D eigenvalue weighted by atomic mass is 10.2. The van der Waals surface area contributed by atoms with Crippen molar-refractivity contribution in [2.45, 2.75) is 0 Å². The Morgan fingerprint density at radius 3 is 2.91 bits per heavy atom. The first-order chi connectivity index (χ1) is 10.5. The van der Waals surface area contributed by atoms with E-state index in [0.717, 1.165) is 0 Å². The van der Waals surface area contributed by atoms with E-state index in [1.807, 2.05) is 11.0 Å². The zero-order valence-electron chi connectivity index (χ0n) is 12.4. The van der Waals surface area contributed by atoms with Gasteiger partial charge < -0.3 is 9.80 Å². The van der Waals surface area contributed by atoms with Crippen molar-refractivity contribution >= 4 is 36.1 Å². The van der Waals surface area contributed by atoms with Gasteiger partial charge in [0.15, 0.2) is 0 Å². The van der Waals surface area contributed by atoms with Gasteiger partial charge in [-0.1, -0.05) is 17.7 Å². The summed E-state index contributed by atoms with van der Waals surface area (Å²) < 4.78 is 0. The predicted molar refractivity (Wildman–Crippen MR) is 88.7 cm³/mol. The molecule has 0 aromatic carbocycles. The first-order valence-electron chi connectivity index (χ1n) is 6.54. The maximum absolute atomic E-state index is 12.0. The average Bonchev–Trinajstić information content (AvgIpc) is 2.52.